The van der Waals surface area contributed by atoms with E-state index in [0.717, 1.165) is 25.2 Å². The summed E-state index contributed by atoms with van der Waals surface area (Å²) in [4.78, 5) is 0. The molecular weight excluding hydrogens is 216 g/mol. The number of hydrogen-bond acceptors (Lipinski definition) is 0. The van der Waals surface area contributed by atoms with Gasteiger partial charge in [-0.15, -0.1) is 0 Å². The van der Waals surface area contributed by atoms with Crippen molar-refractivity contribution in [3.8, 4) is 0 Å². The van der Waals surface area contributed by atoms with E-state index in [9.17, 15) is 0 Å². The topological polar surface area (TPSA) is 0 Å². The lowest BCUT2D eigenvalue weighted by Gasteiger charge is -2.26. The zero-order valence-corrected chi connectivity index (χ0v) is 11.5. The lowest BCUT2D eigenvalue weighted by atomic mass is 9.79. The van der Waals surface area contributed by atoms with Crippen LogP contribution in [0.4, 0.5) is 0 Å². The molecule has 2 aliphatic carbocycles. The van der Waals surface area contributed by atoms with Crippen LogP contribution in [0.3, 0.4) is 0 Å². The Kier molecular flexibility index (Phi) is 5.04. The van der Waals surface area contributed by atoms with Crippen molar-refractivity contribution in [2.75, 3.05) is 0 Å². The number of allylic oxidation sites excluding steroid dienone is 6. The van der Waals surface area contributed by atoms with E-state index in [2.05, 4.69) is 37.5 Å². The Bertz CT molecular complexity index is 356. The first kappa shape index (κ1) is 13.4. The van der Waals surface area contributed by atoms with E-state index < -0.39 is 0 Å². The van der Waals surface area contributed by atoms with Crippen molar-refractivity contribution in [3.05, 3.63) is 48.6 Å². The summed E-state index contributed by atoms with van der Waals surface area (Å²) in [5.74, 6) is 1.39. The summed E-state index contributed by atoms with van der Waals surface area (Å²) in [5.41, 5.74) is 2.67. The molecule has 0 fully saturated rings. The highest BCUT2D eigenvalue weighted by molar-refractivity contribution is 5.18. The third kappa shape index (κ3) is 4.01. The lowest BCUT2D eigenvalue weighted by molar-refractivity contribution is 0.411. The van der Waals surface area contributed by atoms with Gasteiger partial charge in [0.2, 0.25) is 0 Å². The Morgan fingerprint density at radius 2 is 1.72 bits per heavy atom. The first-order valence-electron chi connectivity index (χ1n) is 7.42. The smallest absolute Gasteiger partial charge is 0.0111 e. The zero-order valence-electron chi connectivity index (χ0n) is 11.5. The van der Waals surface area contributed by atoms with Crippen molar-refractivity contribution >= 4 is 0 Å². The quantitative estimate of drug-likeness (QED) is 0.526. The van der Waals surface area contributed by atoms with Crippen molar-refractivity contribution in [2.24, 2.45) is 11.8 Å². The average molecular weight is 242 g/mol. The molecule has 2 unspecified atom stereocenters. The summed E-state index contributed by atoms with van der Waals surface area (Å²) >= 11 is 0. The van der Waals surface area contributed by atoms with E-state index in [4.69, 9.17) is 0 Å². The van der Waals surface area contributed by atoms with Gasteiger partial charge in [-0.2, -0.15) is 0 Å². The van der Waals surface area contributed by atoms with Gasteiger partial charge in [-0.3, -0.25) is 0 Å². The zero-order chi connectivity index (χ0) is 12.8. The van der Waals surface area contributed by atoms with Gasteiger partial charge in [-0.25, -0.2) is 0 Å². The van der Waals surface area contributed by atoms with E-state index in [0.29, 0.717) is 5.92 Å². The lowest BCUT2D eigenvalue weighted by Crippen LogP contribution is -2.13. The van der Waals surface area contributed by atoms with Gasteiger partial charge < -0.3 is 0 Å². The van der Waals surface area contributed by atoms with Gasteiger partial charge >= 0.3 is 0 Å². The Hall–Kier alpha value is -1.04. The van der Waals surface area contributed by atoms with E-state index in [1.54, 1.807) is 0 Å². The van der Waals surface area contributed by atoms with Gasteiger partial charge in [0.1, 0.15) is 0 Å². The highest BCUT2D eigenvalue weighted by atomic mass is 14.2. The molecule has 0 saturated heterocycles. The van der Waals surface area contributed by atoms with Gasteiger partial charge in [0.05, 0.1) is 0 Å². The van der Waals surface area contributed by atoms with Crippen LogP contribution < -0.4 is 0 Å². The molecule has 0 aliphatic heterocycles. The molecule has 0 radical (unpaired) electrons. The van der Waals surface area contributed by atoms with Gasteiger partial charge in [-0.05, 0) is 50.4 Å². The summed E-state index contributed by atoms with van der Waals surface area (Å²) in [5, 5.41) is 0. The minimum Gasteiger partial charge on any atom is -0.0995 e. The molecule has 2 aliphatic rings. The molecule has 18 heavy (non-hydrogen) atoms. The van der Waals surface area contributed by atoms with Crippen molar-refractivity contribution in [1.82, 2.24) is 0 Å². The molecule has 0 heterocycles. The fourth-order valence-corrected chi connectivity index (χ4v) is 3.15. The Morgan fingerprint density at radius 1 is 0.889 bits per heavy atom. The largest absolute Gasteiger partial charge is 0.0995 e. The molecule has 0 nitrogen and oxygen atoms in total. The maximum absolute atomic E-state index is 4.23. The first-order chi connectivity index (χ1) is 8.75. The van der Waals surface area contributed by atoms with E-state index >= 15 is 0 Å². The van der Waals surface area contributed by atoms with Crippen LogP contribution >= 0.6 is 0 Å². The second kappa shape index (κ2) is 6.78. The van der Waals surface area contributed by atoms with Gasteiger partial charge in [0.15, 0.2) is 0 Å². The monoisotopic (exact) mass is 242 g/mol. The maximum Gasteiger partial charge on any atom is -0.0111 e. The Labute approximate surface area is 112 Å². The maximum atomic E-state index is 4.23. The highest BCUT2D eigenvalue weighted by Crippen LogP contribution is 2.32. The number of rotatable bonds is 1. The molecule has 0 aromatic heterocycles. The molecular formula is C18H26. The normalized spacial score (nSPS) is 30.4. The van der Waals surface area contributed by atoms with E-state index in [-0.39, 0.29) is 0 Å². The Morgan fingerprint density at radius 3 is 2.61 bits per heavy atom. The second-order valence-electron chi connectivity index (χ2n) is 5.91. The molecule has 2 rings (SSSR count). The van der Waals surface area contributed by atoms with E-state index in [1.165, 1.54) is 43.3 Å². The van der Waals surface area contributed by atoms with Crippen LogP contribution in [0.15, 0.2) is 48.6 Å². The molecule has 0 amide bonds. The summed E-state index contributed by atoms with van der Waals surface area (Å²) in [7, 11) is 0. The molecule has 0 saturated carbocycles. The van der Waals surface area contributed by atoms with Crippen LogP contribution in [0.25, 0.3) is 0 Å². The molecule has 0 aromatic carbocycles. The van der Waals surface area contributed by atoms with Crippen LogP contribution in [0, 0.1) is 11.8 Å². The van der Waals surface area contributed by atoms with Crippen molar-refractivity contribution in [3.63, 3.8) is 0 Å². The number of hydrogen-bond donors (Lipinski definition) is 0. The second-order valence-corrected chi connectivity index (χ2v) is 5.91. The van der Waals surface area contributed by atoms with Gasteiger partial charge in [-0.1, -0.05) is 61.4 Å². The van der Waals surface area contributed by atoms with Crippen LogP contribution in [0.5, 0.6) is 0 Å². The SMILES string of the molecule is C=C1CC=CC(C2C=CCCCCC2)CC(=C)C1. The molecule has 0 bridgehead atoms. The van der Waals surface area contributed by atoms with Crippen molar-refractivity contribution in [2.45, 2.75) is 51.4 Å². The summed E-state index contributed by atoms with van der Waals surface area (Å²) in [6.07, 6.45) is 19.6. The van der Waals surface area contributed by atoms with Crippen LogP contribution in [0.1, 0.15) is 51.4 Å². The summed E-state index contributed by atoms with van der Waals surface area (Å²) < 4.78 is 0. The fourth-order valence-electron chi connectivity index (χ4n) is 3.15. The summed E-state index contributed by atoms with van der Waals surface area (Å²) in [6, 6.07) is 0. The van der Waals surface area contributed by atoms with Crippen LogP contribution in [-0.2, 0) is 0 Å². The van der Waals surface area contributed by atoms with Crippen molar-refractivity contribution < 1.29 is 0 Å². The molecule has 0 N–H and O–H groups in total. The summed E-state index contributed by atoms with van der Waals surface area (Å²) in [6.45, 7) is 8.34. The predicted octanol–water partition coefficient (Wildman–Crippen LogP) is 5.59. The fraction of sp³-hybridized carbons (Fsp3) is 0.556. The van der Waals surface area contributed by atoms with E-state index in [1.807, 2.05) is 0 Å². The van der Waals surface area contributed by atoms with Gasteiger partial charge in [0.25, 0.3) is 0 Å². The third-order valence-electron chi connectivity index (χ3n) is 4.16. The van der Waals surface area contributed by atoms with Crippen LogP contribution in [0.2, 0.25) is 0 Å². The highest BCUT2D eigenvalue weighted by Gasteiger charge is 2.19. The standard InChI is InChI=1S/C18H26/c1-15-9-8-12-18(14-16(2)13-15)17-10-6-4-3-5-7-11-17/h6,8,10,12,17-18H,1-5,7,9,11,13-14H2. The molecule has 0 aromatic rings. The van der Waals surface area contributed by atoms with Crippen molar-refractivity contribution in [1.29, 1.82) is 0 Å². The predicted molar refractivity (Wildman–Crippen MR) is 80.5 cm³/mol. The first-order valence-corrected chi connectivity index (χ1v) is 7.42. The minimum absolute atomic E-state index is 0.667. The molecule has 98 valence electrons. The average Bonchev–Trinajstić information content (AvgIpc) is 2.25. The Balaban J connectivity index is 2.06. The van der Waals surface area contributed by atoms with Crippen LogP contribution in [-0.4, -0.2) is 0 Å². The van der Waals surface area contributed by atoms with Gasteiger partial charge in [0, 0.05) is 0 Å². The molecule has 2 atom stereocenters. The molecule has 0 spiro atoms. The molecule has 0 heteroatoms. The third-order valence-corrected chi connectivity index (χ3v) is 4.16. The minimum atomic E-state index is 0.667.